The molecule has 0 saturated carbocycles. The van der Waals surface area contributed by atoms with E-state index in [2.05, 4.69) is 24.2 Å². The molecule has 1 unspecified atom stereocenters. The van der Waals surface area contributed by atoms with Gasteiger partial charge in [0.05, 0.1) is 29.8 Å². The van der Waals surface area contributed by atoms with Crippen LogP contribution in [0.3, 0.4) is 0 Å². The molecular weight excluding hydrogens is 410 g/mol. The first-order chi connectivity index (χ1) is 14.7. The number of amidine groups is 1. The van der Waals surface area contributed by atoms with E-state index in [0.29, 0.717) is 23.7 Å². The van der Waals surface area contributed by atoms with Crippen molar-refractivity contribution in [1.29, 1.82) is 0 Å². The van der Waals surface area contributed by atoms with E-state index in [-0.39, 0.29) is 24.4 Å². The first-order valence-electron chi connectivity index (χ1n) is 10.7. The van der Waals surface area contributed by atoms with E-state index in [1.54, 1.807) is 0 Å². The van der Waals surface area contributed by atoms with Crippen molar-refractivity contribution in [1.82, 2.24) is 10.2 Å². The van der Waals surface area contributed by atoms with Crippen LogP contribution in [0, 0.1) is 12.8 Å². The SMILES string of the molecule is CC1=C(C(=O)OC(C)C)C(c2ccc(C)cc2)N2C(CC(=O)NCC(C)C)=CSC2=N1. The van der Waals surface area contributed by atoms with Gasteiger partial charge in [0.1, 0.15) is 0 Å². The molecule has 1 aromatic rings. The molecule has 2 heterocycles. The predicted molar refractivity (Wildman–Crippen MR) is 125 cm³/mol. The molecule has 7 heteroatoms. The van der Waals surface area contributed by atoms with Gasteiger partial charge in [-0.05, 0) is 44.6 Å². The molecule has 0 bridgehead atoms. The van der Waals surface area contributed by atoms with Crippen LogP contribution in [0.2, 0.25) is 0 Å². The van der Waals surface area contributed by atoms with Gasteiger partial charge in [-0.25, -0.2) is 9.79 Å². The number of hydrogen-bond acceptors (Lipinski definition) is 6. The monoisotopic (exact) mass is 441 g/mol. The van der Waals surface area contributed by atoms with Gasteiger partial charge in [0, 0.05) is 12.2 Å². The fourth-order valence-corrected chi connectivity index (χ4v) is 4.48. The van der Waals surface area contributed by atoms with Crippen LogP contribution >= 0.6 is 11.8 Å². The first-order valence-corrected chi connectivity index (χ1v) is 11.5. The highest BCUT2D eigenvalue weighted by molar-refractivity contribution is 8.16. The van der Waals surface area contributed by atoms with E-state index in [1.165, 1.54) is 11.8 Å². The second kappa shape index (κ2) is 9.73. The van der Waals surface area contributed by atoms with E-state index in [1.807, 2.05) is 62.3 Å². The van der Waals surface area contributed by atoms with E-state index in [0.717, 1.165) is 22.0 Å². The number of amides is 1. The van der Waals surface area contributed by atoms with Crippen LogP contribution in [0.25, 0.3) is 0 Å². The number of ether oxygens (including phenoxy) is 1. The van der Waals surface area contributed by atoms with Crippen molar-refractivity contribution >= 4 is 28.8 Å². The molecule has 31 heavy (non-hydrogen) atoms. The number of rotatable bonds is 7. The van der Waals surface area contributed by atoms with Gasteiger partial charge in [-0.3, -0.25) is 4.79 Å². The maximum atomic E-state index is 13.1. The summed E-state index contributed by atoms with van der Waals surface area (Å²) in [5.41, 5.74) is 4.09. The zero-order valence-electron chi connectivity index (χ0n) is 19.1. The van der Waals surface area contributed by atoms with E-state index in [9.17, 15) is 9.59 Å². The number of fused-ring (bicyclic) bond motifs is 1. The Hall–Kier alpha value is -2.54. The lowest BCUT2D eigenvalue weighted by molar-refractivity contribution is -0.143. The number of thioether (sulfide) groups is 1. The highest BCUT2D eigenvalue weighted by Crippen LogP contribution is 2.44. The summed E-state index contributed by atoms with van der Waals surface area (Å²) in [7, 11) is 0. The molecule has 0 spiro atoms. The molecule has 2 aliphatic rings. The van der Waals surface area contributed by atoms with Crippen molar-refractivity contribution < 1.29 is 14.3 Å². The molecule has 0 saturated heterocycles. The molecule has 1 aromatic carbocycles. The predicted octanol–water partition coefficient (Wildman–Crippen LogP) is 4.68. The number of aliphatic imine (C=N–C) groups is 1. The summed E-state index contributed by atoms with van der Waals surface area (Å²) in [5.74, 6) is -0.0327. The van der Waals surface area contributed by atoms with Gasteiger partial charge in [0.2, 0.25) is 5.91 Å². The number of hydrogen-bond donors (Lipinski definition) is 1. The zero-order chi connectivity index (χ0) is 22.7. The third-order valence-corrected chi connectivity index (χ3v) is 5.89. The van der Waals surface area contributed by atoms with Crippen LogP contribution < -0.4 is 5.32 Å². The average molecular weight is 442 g/mol. The standard InChI is InChI=1S/C24H31N3O3S/c1-14(2)12-25-20(28)11-19-13-31-24-26-17(6)21(23(29)30-15(3)4)22(27(19)24)18-9-7-16(5)8-10-18/h7-10,13-15,22H,11-12H2,1-6H3,(H,25,28). The van der Waals surface area contributed by atoms with E-state index >= 15 is 0 Å². The smallest absolute Gasteiger partial charge is 0.338 e. The molecule has 0 aromatic heterocycles. The summed E-state index contributed by atoms with van der Waals surface area (Å²) in [6, 6.07) is 7.72. The van der Waals surface area contributed by atoms with Crippen molar-refractivity contribution in [3.05, 3.63) is 57.8 Å². The third-order valence-electron chi connectivity index (χ3n) is 5.01. The van der Waals surface area contributed by atoms with Crippen molar-refractivity contribution in [2.45, 2.75) is 60.1 Å². The Balaban J connectivity index is 1.98. The quantitative estimate of drug-likeness (QED) is 0.622. The molecule has 2 aliphatic heterocycles. The minimum Gasteiger partial charge on any atom is -0.459 e. The number of nitrogens with zero attached hydrogens (tertiary/aromatic N) is 2. The second-order valence-electron chi connectivity index (χ2n) is 8.63. The van der Waals surface area contributed by atoms with E-state index < -0.39 is 6.04 Å². The van der Waals surface area contributed by atoms with Crippen LogP contribution in [0.5, 0.6) is 0 Å². The molecule has 6 nitrogen and oxygen atoms in total. The lowest BCUT2D eigenvalue weighted by Gasteiger charge is -2.36. The number of carbonyl (C=O) groups is 2. The average Bonchev–Trinajstić information content (AvgIpc) is 3.07. The zero-order valence-corrected chi connectivity index (χ0v) is 19.9. The highest BCUT2D eigenvalue weighted by Gasteiger charge is 2.41. The maximum Gasteiger partial charge on any atom is 0.338 e. The third kappa shape index (κ3) is 5.39. The van der Waals surface area contributed by atoms with Gasteiger partial charge >= 0.3 is 5.97 Å². The maximum absolute atomic E-state index is 13.1. The van der Waals surface area contributed by atoms with Crippen molar-refractivity contribution in [2.75, 3.05) is 6.54 Å². The van der Waals surface area contributed by atoms with Gasteiger partial charge in [-0.15, -0.1) is 0 Å². The summed E-state index contributed by atoms with van der Waals surface area (Å²) in [6.07, 6.45) is -0.00578. The van der Waals surface area contributed by atoms with Crippen LogP contribution in [0.15, 0.2) is 51.6 Å². The van der Waals surface area contributed by atoms with Gasteiger partial charge in [0.25, 0.3) is 0 Å². The Morgan fingerprint density at radius 1 is 1.16 bits per heavy atom. The fourth-order valence-electron chi connectivity index (χ4n) is 3.52. The Bertz CT molecular complexity index is 945. The van der Waals surface area contributed by atoms with Crippen LogP contribution in [0.4, 0.5) is 0 Å². The molecule has 0 fully saturated rings. The molecule has 3 rings (SSSR count). The summed E-state index contributed by atoms with van der Waals surface area (Å²) < 4.78 is 5.57. The summed E-state index contributed by atoms with van der Waals surface area (Å²) >= 11 is 1.48. The summed E-state index contributed by atoms with van der Waals surface area (Å²) in [4.78, 5) is 32.3. The molecule has 0 radical (unpaired) electrons. The second-order valence-corrected chi connectivity index (χ2v) is 9.47. The number of esters is 1. The van der Waals surface area contributed by atoms with Gasteiger partial charge < -0.3 is 15.0 Å². The molecule has 166 valence electrons. The van der Waals surface area contributed by atoms with Gasteiger partial charge in [-0.1, -0.05) is 55.4 Å². The Labute approximate surface area is 188 Å². The minimum absolute atomic E-state index is 0.0398. The minimum atomic E-state index is -0.390. The lowest BCUT2D eigenvalue weighted by atomic mass is 9.93. The topological polar surface area (TPSA) is 71.0 Å². The Morgan fingerprint density at radius 3 is 2.45 bits per heavy atom. The number of benzene rings is 1. The molecule has 0 aliphatic carbocycles. The number of aryl methyl sites for hydroxylation is 1. The molecular formula is C24H31N3O3S. The number of carbonyl (C=O) groups excluding carboxylic acids is 2. The fraction of sp³-hybridized carbons (Fsp3) is 0.458. The van der Waals surface area contributed by atoms with Gasteiger partial charge in [0.15, 0.2) is 5.17 Å². The molecule has 1 amide bonds. The van der Waals surface area contributed by atoms with Crippen molar-refractivity contribution in [3.63, 3.8) is 0 Å². The van der Waals surface area contributed by atoms with Crippen LogP contribution in [-0.4, -0.2) is 34.6 Å². The van der Waals surface area contributed by atoms with Gasteiger partial charge in [-0.2, -0.15) is 0 Å². The molecule has 1 atom stereocenters. The lowest BCUT2D eigenvalue weighted by Crippen LogP contribution is -2.38. The highest BCUT2D eigenvalue weighted by atomic mass is 32.2. The van der Waals surface area contributed by atoms with Crippen molar-refractivity contribution in [3.8, 4) is 0 Å². The van der Waals surface area contributed by atoms with Crippen LogP contribution in [-0.2, 0) is 14.3 Å². The van der Waals surface area contributed by atoms with Crippen LogP contribution in [0.1, 0.15) is 58.2 Å². The molecule has 1 N–H and O–H groups in total. The summed E-state index contributed by atoms with van der Waals surface area (Å²) in [6.45, 7) is 12.3. The number of nitrogens with one attached hydrogen (secondary N) is 1. The number of allylic oxidation sites excluding steroid dienone is 1. The first kappa shape index (κ1) is 23.1. The summed E-state index contributed by atoms with van der Waals surface area (Å²) in [5, 5.41) is 5.71. The van der Waals surface area contributed by atoms with E-state index in [4.69, 9.17) is 4.74 Å². The Morgan fingerprint density at radius 2 is 1.84 bits per heavy atom. The Kier molecular flexibility index (Phi) is 7.26. The largest absolute Gasteiger partial charge is 0.459 e. The van der Waals surface area contributed by atoms with Crippen molar-refractivity contribution in [2.24, 2.45) is 10.9 Å². The normalized spacial score (nSPS) is 18.2.